The molecule has 74 valence electrons. The van der Waals surface area contributed by atoms with Crippen LogP contribution in [0.3, 0.4) is 0 Å². The Labute approximate surface area is 84.9 Å². The van der Waals surface area contributed by atoms with Gasteiger partial charge in [0.2, 0.25) is 0 Å². The first-order chi connectivity index (χ1) is 6.83. The lowest BCUT2D eigenvalue weighted by molar-refractivity contribution is 0.386. The van der Waals surface area contributed by atoms with Crippen molar-refractivity contribution in [1.82, 2.24) is 9.88 Å². The molecule has 0 aromatic carbocycles. The zero-order valence-corrected chi connectivity index (χ0v) is 8.40. The van der Waals surface area contributed by atoms with Crippen LogP contribution in [0.15, 0.2) is 24.5 Å². The highest BCUT2D eigenvalue weighted by atomic mass is 15.1. The molecule has 0 aliphatic rings. The fraction of sp³-hybridized carbons (Fsp3) is 0.364. The van der Waals surface area contributed by atoms with Gasteiger partial charge in [-0.2, -0.15) is 0 Å². The first-order valence-electron chi connectivity index (χ1n) is 4.60. The largest absolute Gasteiger partial charge is 0.329 e. The monoisotopic (exact) mass is 189 g/mol. The molecule has 2 N–H and O–H groups in total. The molecule has 0 aliphatic carbocycles. The van der Waals surface area contributed by atoms with Gasteiger partial charge in [-0.1, -0.05) is 11.8 Å². The third kappa shape index (κ3) is 4.04. The zero-order chi connectivity index (χ0) is 10.2. The van der Waals surface area contributed by atoms with Gasteiger partial charge in [-0.25, -0.2) is 0 Å². The van der Waals surface area contributed by atoms with E-state index in [0.717, 1.165) is 18.7 Å². The van der Waals surface area contributed by atoms with Gasteiger partial charge in [0.25, 0.3) is 0 Å². The van der Waals surface area contributed by atoms with E-state index in [1.807, 2.05) is 19.2 Å². The van der Waals surface area contributed by atoms with E-state index in [4.69, 9.17) is 5.73 Å². The topological polar surface area (TPSA) is 42.2 Å². The van der Waals surface area contributed by atoms with Gasteiger partial charge in [0.05, 0.1) is 6.54 Å². The lowest BCUT2D eigenvalue weighted by Crippen LogP contribution is -2.25. The van der Waals surface area contributed by atoms with E-state index in [1.165, 1.54) is 0 Å². The van der Waals surface area contributed by atoms with Gasteiger partial charge < -0.3 is 5.73 Å². The van der Waals surface area contributed by atoms with Gasteiger partial charge in [0.1, 0.15) is 0 Å². The second-order valence-corrected chi connectivity index (χ2v) is 3.07. The van der Waals surface area contributed by atoms with Crippen LogP contribution in [0.4, 0.5) is 0 Å². The standard InChI is InChI=1S/C11H15N3/c1-14(9-6-12)8-3-5-11-4-2-7-13-10-11/h2,4,7,10H,6,8-9,12H2,1H3. The third-order valence-electron chi connectivity index (χ3n) is 1.75. The number of aromatic nitrogens is 1. The number of hydrogen-bond acceptors (Lipinski definition) is 3. The highest BCUT2D eigenvalue weighted by Gasteiger charge is 1.90. The minimum Gasteiger partial charge on any atom is -0.329 e. The summed E-state index contributed by atoms with van der Waals surface area (Å²) in [5.74, 6) is 6.11. The van der Waals surface area contributed by atoms with Crippen molar-refractivity contribution in [2.45, 2.75) is 0 Å². The normalized spacial score (nSPS) is 9.64. The van der Waals surface area contributed by atoms with E-state index in [2.05, 4.69) is 21.7 Å². The smallest absolute Gasteiger partial charge is 0.0603 e. The fourth-order valence-corrected chi connectivity index (χ4v) is 1.01. The lowest BCUT2D eigenvalue weighted by atomic mass is 10.3. The summed E-state index contributed by atoms with van der Waals surface area (Å²) in [6.45, 7) is 2.29. The van der Waals surface area contributed by atoms with Gasteiger partial charge >= 0.3 is 0 Å². The SMILES string of the molecule is CN(CC#Cc1cccnc1)CCN. The van der Waals surface area contributed by atoms with E-state index in [-0.39, 0.29) is 0 Å². The van der Waals surface area contributed by atoms with Crippen LogP contribution in [0, 0.1) is 11.8 Å². The first kappa shape index (κ1) is 10.7. The number of rotatable bonds is 3. The molecule has 0 radical (unpaired) electrons. The second-order valence-electron chi connectivity index (χ2n) is 3.07. The minimum atomic E-state index is 0.672. The van der Waals surface area contributed by atoms with Crippen molar-refractivity contribution in [2.24, 2.45) is 5.73 Å². The number of pyridine rings is 1. The van der Waals surface area contributed by atoms with Crippen molar-refractivity contribution in [1.29, 1.82) is 0 Å². The molecule has 1 aromatic heterocycles. The maximum absolute atomic E-state index is 5.41. The molecule has 0 saturated heterocycles. The van der Waals surface area contributed by atoms with Crippen LogP contribution in [0.2, 0.25) is 0 Å². The molecule has 14 heavy (non-hydrogen) atoms. The number of nitrogens with zero attached hydrogens (tertiary/aromatic N) is 2. The fourth-order valence-electron chi connectivity index (χ4n) is 1.01. The molecule has 0 atom stereocenters. The van der Waals surface area contributed by atoms with Gasteiger partial charge in [-0.15, -0.1) is 0 Å². The Hall–Kier alpha value is -1.37. The zero-order valence-electron chi connectivity index (χ0n) is 8.40. The highest BCUT2D eigenvalue weighted by Crippen LogP contribution is 1.91. The average molecular weight is 189 g/mol. The maximum atomic E-state index is 5.41. The van der Waals surface area contributed by atoms with Crippen LogP contribution in [-0.4, -0.2) is 36.6 Å². The lowest BCUT2D eigenvalue weighted by Gasteiger charge is -2.09. The molecule has 0 aliphatic heterocycles. The summed E-state index contributed by atoms with van der Waals surface area (Å²) in [7, 11) is 2.00. The molecule has 0 unspecified atom stereocenters. The van der Waals surface area contributed by atoms with E-state index in [9.17, 15) is 0 Å². The third-order valence-corrected chi connectivity index (χ3v) is 1.75. The quantitative estimate of drug-likeness (QED) is 0.696. The molecule has 0 spiro atoms. The van der Waals surface area contributed by atoms with Crippen LogP contribution < -0.4 is 5.73 Å². The summed E-state index contributed by atoms with van der Waals surface area (Å²) in [5, 5.41) is 0. The number of nitrogens with two attached hydrogens (primary N) is 1. The summed E-state index contributed by atoms with van der Waals surface area (Å²) in [6, 6.07) is 3.83. The summed E-state index contributed by atoms with van der Waals surface area (Å²) in [5.41, 5.74) is 6.36. The van der Waals surface area contributed by atoms with Crippen LogP contribution in [0.1, 0.15) is 5.56 Å². The van der Waals surface area contributed by atoms with Crippen molar-refractivity contribution in [3.8, 4) is 11.8 Å². The van der Waals surface area contributed by atoms with Crippen molar-refractivity contribution < 1.29 is 0 Å². The molecule has 0 amide bonds. The van der Waals surface area contributed by atoms with E-state index in [0.29, 0.717) is 6.54 Å². The summed E-state index contributed by atoms with van der Waals surface area (Å²) < 4.78 is 0. The predicted molar refractivity (Wildman–Crippen MR) is 57.7 cm³/mol. The molecular weight excluding hydrogens is 174 g/mol. The molecule has 1 rings (SSSR count). The summed E-state index contributed by atoms with van der Waals surface area (Å²) in [4.78, 5) is 6.07. The molecule has 3 nitrogen and oxygen atoms in total. The Kier molecular flexibility index (Phi) is 4.70. The molecule has 3 heteroatoms. The Morgan fingerprint density at radius 1 is 1.57 bits per heavy atom. The van der Waals surface area contributed by atoms with E-state index < -0.39 is 0 Å². The molecule has 1 aromatic rings. The van der Waals surface area contributed by atoms with E-state index >= 15 is 0 Å². The van der Waals surface area contributed by atoms with Gasteiger partial charge in [0, 0.05) is 31.0 Å². The van der Waals surface area contributed by atoms with Crippen molar-refractivity contribution in [3.63, 3.8) is 0 Å². The molecular formula is C11H15N3. The Morgan fingerprint density at radius 3 is 3.07 bits per heavy atom. The van der Waals surface area contributed by atoms with Crippen LogP contribution in [0.5, 0.6) is 0 Å². The predicted octanol–water partition coefficient (Wildman–Crippen LogP) is 0.324. The van der Waals surface area contributed by atoms with Gasteiger partial charge in [-0.3, -0.25) is 9.88 Å². The van der Waals surface area contributed by atoms with Crippen molar-refractivity contribution in [2.75, 3.05) is 26.7 Å². The van der Waals surface area contributed by atoms with Crippen molar-refractivity contribution in [3.05, 3.63) is 30.1 Å². The van der Waals surface area contributed by atoms with E-state index in [1.54, 1.807) is 12.4 Å². The Balaban J connectivity index is 2.41. The van der Waals surface area contributed by atoms with Crippen LogP contribution >= 0.6 is 0 Å². The van der Waals surface area contributed by atoms with Gasteiger partial charge in [-0.05, 0) is 19.2 Å². The average Bonchev–Trinajstić information content (AvgIpc) is 2.20. The number of hydrogen-bond donors (Lipinski definition) is 1. The molecule has 0 saturated carbocycles. The molecule has 0 bridgehead atoms. The van der Waals surface area contributed by atoms with Gasteiger partial charge in [0.15, 0.2) is 0 Å². The molecule has 1 heterocycles. The summed E-state index contributed by atoms with van der Waals surface area (Å²) in [6.07, 6.45) is 3.50. The second kappa shape index (κ2) is 6.14. The Bertz CT molecular complexity index is 310. The minimum absolute atomic E-state index is 0.672. The maximum Gasteiger partial charge on any atom is 0.0603 e. The van der Waals surface area contributed by atoms with Crippen LogP contribution in [0.25, 0.3) is 0 Å². The highest BCUT2D eigenvalue weighted by molar-refractivity contribution is 5.31. The Morgan fingerprint density at radius 2 is 2.43 bits per heavy atom. The summed E-state index contributed by atoms with van der Waals surface area (Å²) >= 11 is 0. The van der Waals surface area contributed by atoms with Crippen LogP contribution in [-0.2, 0) is 0 Å². The number of likely N-dealkylation sites (N-methyl/N-ethyl adjacent to an activating group) is 1. The molecule has 0 fully saturated rings. The van der Waals surface area contributed by atoms with Crippen molar-refractivity contribution >= 4 is 0 Å². The first-order valence-corrected chi connectivity index (χ1v) is 4.60.